The van der Waals surface area contributed by atoms with Gasteiger partial charge in [0.25, 0.3) is 0 Å². The van der Waals surface area contributed by atoms with Gasteiger partial charge in [-0.1, -0.05) is 19.1 Å². The lowest BCUT2D eigenvalue weighted by Gasteiger charge is -2.29. The summed E-state index contributed by atoms with van der Waals surface area (Å²) >= 11 is 0. The van der Waals surface area contributed by atoms with Gasteiger partial charge in [-0.3, -0.25) is 0 Å². The van der Waals surface area contributed by atoms with E-state index in [4.69, 9.17) is 15.2 Å². The normalized spacial score (nSPS) is 17.4. The lowest BCUT2D eigenvalue weighted by molar-refractivity contribution is 0.114. The average Bonchev–Trinajstić information content (AvgIpc) is 2.32. The molecular weight excluding hydrogens is 214 g/mol. The van der Waals surface area contributed by atoms with E-state index < -0.39 is 0 Å². The van der Waals surface area contributed by atoms with Crippen molar-refractivity contribution < 1.29 is 9.47 Å². The van der Waals surface area contributed by atoms with Crippen LogP contribution in [0.25, 0.3) is 0 Å². The Kier molecular flexibility index (Phi) is 3.89. The second-order valence-corrected chi connectivity index (χ2v) is 4.69. The Bertz CT molecular complexity index is 374. The fourth-order valence-electron chi connectivity index (χ4n) is 1.99. The third kappa shape index (κ3) is 2.55. The summed E-state index contributed by atoms with van der Waals surface area (Å²) in [5.41, 5.74) is 6.90. The highest BCUT2D eigenvalue weighted by Gasteiger charge is 2.23. The molecule has 0 spiro atoms. The smallest absolute Gasteiger partial charge is 0.165 e. The van der Waals surface area contributed by atoms with Crippen molar-refractivity contribution in [3.8, 4) is 11.5 Å². The highest BCUT2D eigenvalue weighted by molar-refractivity contribution is 5.48. The highest BCUT2D eigenvalue weighted by Crippen LogP contribution is 2.38. The molecule has 0 heterocycles. The zero-order chi connectivity index (χ0) is 12.3. The van der Waals surface area contributed by atoms with Gasteiger partial charge < -0.3 is 15.2 Å². The van der Waals surface area contributed by atoms with Crippen LogP contribution in [0.15, 0.2) is 18.2 Å². The molecular formula is C14H21NO2. The first-order valence-electron chi connectivity index (χ1n) is 6.30. The van der Waals surface area contributed by atoms with E-state index in [1.165, 1.54) is 6.42 Å². The first-order chi connectivity index (χ1) is 8.26. The summed E-state index contributed by atoms with van der Waals surface area (Å²) in [7, 11) is 1.68. The molecule has 0 aliphatic heterocycles. The van der Waals surface area contributed by atoms with Crippen LogP contribution in [0, 0.1) is 0 Å². The Morgan fingerprint density at radius 3 is 2.71 bits per heavy atom. The monoisotopic (exact) mass is 235 g/mol. The molecule has 0 radical (unpaired) electrons. The molecule has 1 atom stereocenters. The summed E-state index contributed by atoms with van der Waals surface area (Å²) in [6.45, 7) is 2.73. The van der Waals surface area contributed by atoms with Crippen LogP contribution < -0.4 is 15.2 Å². The van der Waals surface area contributed by atoms with Crippen LogP contribution in [0.1, 0.15) is 37.7 Å². The van der Waals surface area contributed by atoms with Crippen molar-refractivity contribution in [3.63, 3.8) is 0 Å². The molecule has 1 aromatic carbocycles. The minimum absolute atomic E-state index is 0.292. The largest absolute Gasteiger partial charge is 0.493 e. The number of ether oxygens (including phenoxy) is 2. The number of rotatable bonds is 5. The van der Waals surface area contributed by atoms with Crippen LogP contribution >= 0.6 is 0 Å². The molecule has 1 unspecified atom stereocenters. The summed E-state index contributed by atoms with van der Waals surface area (Å²) in [5, 5.41) is 0. The molecule has 2 rings (SSSR count). The summed E-state index contributed by atoms with van der Waals surface area (Å²) < 4.78 is 11.4. The highest BCUT2D eigenvalue weighted by atomic mass is 16.5. The lowest BCUT2D eigenvalue weighted by Crippen LogP contribution is -2.25. The maximum atomic E-state index is 6.05. The Hall–Kier alpha value is -1.22. The Morgan fingerprint density at radius 1 is 1.41 bits per heavy atom. The van der Waals surface area contributed by atoms with Crippen molar-refractivity contribution in [1.29, 1.82) is 0 Å². The van der Waals surface area contributed by atoms with Gasteiger partial charge >= 0.3 is 0 Å². The molecule has 1 aliphatic rings. The summed E-state index contributed by atoms with van der Waals surface area (Å²) in [6.07, 6.45) is 3.92. The van der Waals surface area contributed by atoms with Gasteiger partial charge in [-0.2, -0.15) is 0 Å². The van der Waals surface area contributed by atoms with Crippen LogP contribution in [-0.2, 0) is 0 Å². The van der Waals surface area contributed by atoms with Crippen LogP contribution in [0.5, 0.6) is 11.5 Å². The third-order valence-corrected chi connectivity index (χ3v) is 3.45. The summed E-state index contributed by atoms with van der Waals surface area (Å²) in [4.78, 5) is 0. The quantitative estimate of drug-likeness (QED) is 0.853. The molecule has 94 valence electrons. The van der Waals surface area contributed by atoms with Gasteiger partial charge in [-0.15, -0.1) is 0 Å². The van der Waals surface area contributed by atoms with Crippen molar-refractivity contribution >= 4 is 0 Å². The standard InChI is InChI=1S/C14H21NO2/c1-10(9-15)12-7-4-8-13(16-2)14(12)17-11-5-3-6-11/h4,7-8,10-11H,3,5-6,9,15H2,1-2H3. The molecule has 1 aromatic rings. The second kappa shape index (κ2) is 5.41. The molecule has 0 aromatic heterocycles. The number of methoxy groups -OCH3 is 1. The zero-order valence-electron chi connectivity index (χ0n) is 10.6. The van der Waals surface area contributed by atoms with Gasteiger partial charge in [0, 0.05) is 5.56 Å². The van der Waals surface area contributed by atoms with E-state index >= 15 is 0 Å². The molecule has 17 heavy (non-hydrogen) atoms. The Morgan fingerprint density at radius 2 is 2.18 bits per heavy atom. The maximum Gasteiger partial charge on any atom is 0.165 e. The molecule has 0 saturated heterocycles. The molecule has 3 heteroatoms. The maximum absolute atomic E-state index is 6.05. The minimum Gasteiger partial charge on any atom is -0.493 e. The van der Waals surface area contributed by atoms with Crippen LogP contribution in [0.2, 0.25) is 0 Å². The third-order valence-electron chi connectivity index (χ3n) is 3.45. The molecule has 2 N–H and O–H groups in total. The average molecular weight is 235 g/mol. The van der Waals surface area contributed by atoms with E-state index in [1.807, 2.05) is 12.1 Å². The number of benzene rings is 1. The number of nitrogens with two attached hydrogens (primary N) is 1. The van der Waals surface area contributed by atoms with Crippen molar-refractivity contribution in [1.82, 2.24) is 0 Å². The van der Waals surface area contributed by atoms with E-state index in [9.17, 15) is 0 Å². The van der Waals surface area contributed by atoms with Gasteiger partial charge in [0.15, 0.2) is 11.5 Å². The summed E-state index contributed by atoms with van der Waals surface area (Å²) in [5.74, 6) is 1.99. The van der Waals surface area contributed by atoms with E-state index in [0.29, 0.717) is 18.6 Å². The molecule has 0 bridgehead atoms. The van der Waals surface area contributed by atoms with Gasteiger partial charge in [-0.05, 0) is 37.8 Å². The van der Waals surface area contributed by atoms with Crippen molar-refractivity contribution in [2.24, 2.45) is 5.73 Å². The van der Waals surface area contributed by atoms with Gasteiger partial charge in [-0.25, -0.2) is 0 Å². The zero-order valence-corrected chi connectivity index (χ0v) is 10.6. The fourth-order valence-corrected chi connectivity index (χ4v) is 1.99. The molecule has 3 nitrogen and oxygen atoms in total. The molecule has 0 amide bonds. The van der Waals surface area contributed by atoms with E-state index in [0.717, 1.165) is 29.9 Å². The second-order valence-electron chi connectivity index (χ2n) is 4.69. The van der Waals surface area contributed by atoms with E-state index in [1.54, 1.807) is 7.11 Å². The van der Waals surface area contributed by atoms with Crippen molar-refractivity contribution in [2.75, 3.05) is 13.7 Å². The van der Waals surface area contributed by atoms with Crippen LogP contribution in [-0.4, -0.2) is 19.8 Å². The Balaban J connectivity index is 2.28. The lowest BCUT2D eigenvalue weighted by atomic mass is 9.95. The van der Waals surface area contributed by atoms with Crippen molar-refractivity contribution in [2.45, 2.75) is 38.2 Å². The van der Waals surface area contributed by atoms with Crippen LogP contribution in [0.3, 0.4) is 0 Å². The number of para-hydroxylation sites is 1. The van der Waals surface area contributed by atoms with Crippen LogP contribution in [0.4, 0.5) is 0 Å². The molecule has 1 aliphatic carbocycles. The first-order valence-corrected chi connectivity index (χ1v) is 6.30. The SMILES string of the molecule is COc1cccc(C(C)CN)c1OC1CCC1. The van der Waals surface area contributed by atoms with E-state index in [2.05, 4.69) is 13.0 Å². The van der Waals surface area contributed by atoms with Gasteiger partial charge in [0.2, 0.25) is 0 Å². The van der Waals surface area contributed by atoms with Gasteiger partial charge in [0.05, 0.1) is 13.2 Å². The molecule has 1 saturated carbocycles. The number of hydrogen-bond donors (Lipinski definition) is 1. The predicted molar refractivity (Wildman–Crippen MR) is 68.7 cm³/mol. The Labute approximate surface area is 103 Å². The van der Waals surface area contributed by atoms with Gasteiger partial charge in [0.1, 0.15) is 0 Å². The van der Waals surface area contributed by atoms with Crippen molar-refractivity contribution in [3.05, 3.63) is 23.8 Å². The minimum atomic E-state index is 0.292. The fraction of sp³-hybridized carbons (Fsp3) is 0.571. The predicted octanol–water partition coefficient (Wildman–Crippen LogP) is 2.69. The van der Waals surface area contributed by atoms with E-state index in [-0.39, 0.29) is 0 Å². The topological polar surface area (TPSA) is 44.5 Å². The molecule has 1 fully saturated rings. The number of hydrogen-bond acceptors (Lipinski definition) is 3. The summed E-state index contributed by atoms with van der Waals surface area (Å²) in [6, 6.07) is 6.02. The first kappa shape index (κ1) is 12.2.